The lowest BCUT2D eigenvalue weighted by atomic mass is 10.1. The molecule has 18 heavy (non-hydrogen) atoms. The number of rotatable bonds is 5. The van der Waals surface area contributed by atoms with Gasteiger partial charge in [-0.2, -0.15) is 0 Å². The Morgan fingerprint density at radius 2 is 2.11 bits per heavy atom. The Morgan fingerprint density at radius 3 is 2.89 bits per heavy atom. The number of aryl methyl sites for hydroxylation is 1. The number of fused-ring (bicyclic) bond motifs is 1. The minimum atomic E-state index is 0.210. The number of anilines is 1. The fourth-order valence-corrected chi connectivity index (χ4v) is 2.05. The number of ether oxygens (including phenoxy) is 1. The molecule has 1 heterocycles. The van der Waals surface area contributed by atoms with E-state index in [1.165, 1.54) is 0 Å². The lowest BCUT2D eigenvalue weighted by Crippen LogP contribution is -2.19. The van der Waals surface area contributed by atoms with Gasteiger partial charge in [0.05, 0.1) is 11.6 Å². The highest BCUT2D eigenvalue weighted by Crippen LogP contribution is 2.22. The summed E-state index contributed by atoms with van der Waals surface area (Å²) in [5.41, 5.74) is 3.19. The highest BCUT2D eigenvalue weighted by molar-refractivity contribution is 5.91. The van der Waals surface area contributed by atoms with Crippen molar-refractivity contribution in [3.63, 3.8) is 0 Å². The molecule has 0 radical (unpaired) electrons. The molecule has 1 N–H and O–H groups in total. The minimum Gasteiger partial charge on any atom is -0.382 e. The van der Waals surface area contributed by atoms with E-state index >= 15 is 0 Å². The van der Waals surface area contributed by atoms with Crippen molar-refractivity contribution in [3.8, 4) is 0 Å². The zero-order chi connectivity index (χ0) is 13.0. The van der Waals surface area contributed by atoms with Gasteiger partial charge in [0, 0.05) is 29.9 Å². The van der Waals surface area contributed by atoms with Crippen molar-refractivity contribution >= 4 is 16.6 Å². The van der Waals surface area contributed by atoms with Crippen LogP contribution >= 0.6 is 0 Å². The number of hydrogen-bond donors (Lipinski definition) is 1. The smallest absolute Gasteiger partial charge is 0.0725 e. The monoisotopic (exact) mass is 244 g/mol. The average Bonchev–Trinajstić information content (AvgIpc) is 2.36. The van der Waals surface area contributed by atoms with Gasteiger partial charge in [-0.1, -0.05) is 18.2 Å². The second kappa shape index (κ2) is 5.83. The first-order valence-electron chi connectivity index (χ1n) is 6.42. The van der Waals surface area contributed by atoms with Gasteiger partial charge in [0.1, 0.15) is 0 Å². The van der Waals surface area contributed by atoms with Crippen LogP contribution in [0, 0.1) is 6.92 Å². The first-order valence-corrected chi connectivity index (χ1v) is 6.42. The van der Waals surface area contributed by atoms with Crippen LogP contribution in [0.25, 0.3) is 10.9 Å². The molecular formula is C15H20N2O. The SMILES string of the molecule is CCOC(C)CNc1cc(C)nc2ccccc12. The summed E-state index contributed by atoms with van der Waals surface area (Å²) in [6.45, 7) is 7.67. The molecule has 1 aromatic heterocycles. The van der Waals surface area contributed by atoms with Crippen LogP contribution in [-0.4, -0.2) is 24.2 Å². The maximum atomic E-state index is 5.53. The largest absolute Gasteiger partial charge is 0.382 e. The second-order valence-electron chi connectivity index (χ2n) is 4.48. The Balaban J connectivity index is 2.21. The maximum Gasteiger partial charge on any atom is 0.0725 e. The Morgan fingerprint density at radius 1 is 1.33 bits per heavy atom. The molecule has 2 rings (SSSR count). The van der Waals surface area contributed by atoms with E-state index in [2.05, 4.69) is 29.4 Å². The predicted molar refractivity (Wildman–Crippen MR) is 76.1 cm³/mol. The summed E-state index contributed by atoms with van der Waals surface area (Å²) in [6.07, 6.45) is 0.210. The van der Waals surface area contributed by atoms with Crippen LogP contribution in [-0.2, 0) is 4.74 Å². The van der Waals surface area contributed by atoms with E-state index in [0.717, 1.165) is 35.4 Å². The van der Waals surface area contributed by atoms with Gasteiger partial charge in [-0.25, -0.2) is 0 Å². The van der Waals surface area contributed by atoms with Crippen LogP contribution in [0.1, 0.15) is 19.5 Å². The van der Waals surface area contributed by atoms with E-state index in [9.17, 15) is 0 Å². The number of benzene rings is 1. The van der Waals surface area contributed by atoms with Gasteiger partial charge >= 0.3 is 0 Å². The lowest BCUT2D eigenvalue weighted by Gasteiger charge is -2.15. The molecule has 1 aromatic carbocycles. The van der Waals surface area contributed by atoms with Crippen LogP contribution in [0.15, 0.2) is 30.3 Å². The lowest BCUT2D eigenvalue weighted by molar-refractivity contribution is 0.0855. The highest BCUT2D eigenvalue weighted by Gasteiger charge is 2.05. The molecular weight excluding hydrogens is 224 g/mol. The molecule has 96 valence electrons. The van der Waals surface area contributed by atoms with Crippen molar-refractivity contribution in [2.75, 3.05) is 18.5 Å². The Hall–Kier alpha value is -1.61. The van der Waals surface area contributed by atoms with Crippen LogP contribution in [0.3, 0.4) is 0 Å². The third kappa shape index (κ3) is 2.99. The summed E-state index contributed by atoms with van der Waals surface area (Å²) in [6, 6.07) is 10.3. The molecule has 0 spiro atoms. The Labute approximate surface area is 108 Å². The van der Waals surface area contributed by atoms with Gasteiger partial charge in [0.15, 0.2) is 0 Å². The number of nitrogens with zero attached hydrogens (tertiary/aromatic N) is 1. The Kier molecular flexibility index (Phi) is 4.15. The number of nitrogens with one attached hydrogen (secondary N) is 1. The summed E-state index contributed by atoms with van der Waals surface area (Å²) in [7, 11) is 0. The molecule has 1 unspecified atom stereocenters. The number of para-hydroxylation sites is 1. The third-order valence-corrected chi connectivity index (χ3v) is 2.88. The fraction of sp³-hybridized carbons (Fsp3) is 0.400. The van der Waals surface area contributed by atoms with Crippen molar-refractivity contribution in [2.24, 2.45) is 0 Å². The molecule has 0 saturated carbocycles. The van der Waals surface area contributed by atoms with Gasteiger partial charge in [-0.05, 0) is 32.9 Å². The average molecular weight is 244 g/mol. The molecule has 3 heteroatoms. The standard InChI is InChI=1S/C15H20N2O/c1-4-18-12(3)10-16-15-9-11(2)17-14-8-6-5-7-13(14)15/h5-9,12H,4,10H2,1-3H3,(H,16,17). The van der Waals surface area contributed by atoms with Crippen LogP contribution < -0.4 is 5.32 Å². The van der Waals surface area contributed by atoms with Crippen molar-refractivity contribution in [3.05, 3.63) is 36.0 Å². The minimum absolute atomic E-state index is 0.210. The van der Waals surface area contributed by atoms with Gasteiger partial charge < -0.3 is 10.1 Å². The normalized spacial score (nSPS) is 12.6. The molecule has 0 aliphatic heterocycles. The summed E-state index contributed by atoms with van der Waals surface area (Å²) in [4.78, 5) is 4.53. The Bertz CT molecular complexity index is 525. The van der Waals surface area contributed by atoms with Crippen LogP contribution in [0.2, 0.25) is 0 Å². The van der Waals surface area contributed by atoms with Gasteiger partial charge in [-0.3, -0.25) is 4.98 Å². The molecule has 1 atom stereocenters. The predicted octanol–water partition coefficient (Wildman–Crippen LogP) is 3.38. The molecule has 0 aliphatic rings. The molecule has 0 amide bonds. The number of pyridine rings is 1. The van der Waals surface area contributed by atoms with Crippen LogP contribution in [0.5, 0.6) is 0 Å². The molecule has 3 nitrogen and oxygen atoms in total. The maximum absolute atomic E-state index is 5.53. The summed E-state index contributed by atoms with van der Waals surface area (Å²) < 4.78 is 5.53. The highest BCUT2D eigenvalue weighted by atomic mass is 16.5. The summed E-state index contributed by atoms with van der Waals surface area (Å²) in [5, 5.41) is 4.61. The van der Waals surface area contributed by atoms with E-state index in [1.807, 2.05) is 32.0 Å². The molecule has 0 bridgehead atoms. The van der Waals surface area contributed by atoms with Crippen molar-refractivity contribution in [1.29, 1.82) is 0 Å². The first kappa shape index (κ1) is 12.8. The quantitative estimate of drug-likeness (QED) is 0.875. The summed E-state index contributed by atoms with van der Waals surface area (Å²) >= 11 is 0. The first-order chi connectivity index (χ1) is 8.70. The van der Waals surface area contributed by atoms with E-state index in [1.54, 1.807) is 0 Å². The molecule has 0 fully saturated rings. The topological polar surface area (TPSA) is 34.1 Å². The number of aromatic nitrogens is 1. The molecule has 0 saturated heterocycles. The second-order valence-corrected chi connectivity index (χ2v) is 4.48. The zero-order valence-electron chi connectivity index (χ0n) is 11.2. The van der Waals surface area contributed by atoms with Gasteiger partial charge in [0.2, 0.25) is 0 Å². The van der Waals surface area contributed by atoms with E-state index in [4.69, 9.17) is 4.74 Å². The van der Waals surface area contributed by atoms with Crippen molar-refractivity contribution in [2.45, 2.75) is 26.9 Å². The molecule has 0 aliphatic carbocycles. The van der Waals surface area contributed by atoms with E-state index < -0.39 is 0 Å². The van der Waals surface area contributed by atoms with E-state index in [-0.39, 0.29) is 6.10 Å². The van der Waals surface area contributed by atoms with Crippen molar-refractivity contribution < 1.29 is 4.74 Å². The number of hydrogen-bond acceptors (Lipinski definition) is 3. The van der Waals surface area contributed by atoms with Crippen LogP contribution in [0.4, 0.5) is 5.69 Å². The molecule has 2 aromatic rings. The van der Waals surface area contributed by atoms with Crippen molar-refractivity contribution in [1.82, 2.24) is 4.98 Å². The van der Waals surface area contributed by atoms with Gasteiger partial charge in [-0.15, -0.1) is 0 Å². The zero-order valence-corrected chi connectivity index (χ0v) is 11.2. The third-order valence-electron chi connectivity index (χ3n) is 2.88. The van der Waals surface area contributed by atoms with E-state index in [0.29, 0.717) is 0 Å². The summed E-state index contributed by atoms with van der Waals surface area (Å²) in [5.74, 6) is 0. The fourth-order valence-electron chi connectivity index (χ4n) is 2.05. The van der Waals surface area contributed by atoms with Gasteiger partial charge in [0.25, 0.3) is 0 Å².